The molecule has 1 amide bonds. The molecule has 20 heavy (non-hydrogen) atoms. The summed E-state index contributed by atoms with van der Waals surface area (Å²) in [5.41, 5.74) is 0. The average Bonchev–Trinajstić information content (AvgIpc) is 2.46. The summed E-state index contributed by atoms with van der Waals surface area (Å²) < 4.78 is 5.73. The molecule has 2 aliphatic rings. The third kappa shape index (κ3) is 5.06. The average molecular weight is 282 g/mol. The van der Waals surface area contributed by atoms with Crippen molar-refractivity contribution in [3.05, 3.63) is 0 Å². The highest BCUT2D eigenvalue weighted by Crippen LogP contribution is 2.22. The molecule has 4 heteroatoms. The number of rotatable bonds is 5. The third-order valence-corrected chi connectivity index (χ3v) is 4.60. The van der Waals surface area contributed by atoms with Crippen molar-refractivity contribution in [1.29, 1.82) is 0 Å². The van der Waals surface area contributed by atoms with Gasteiger partial charge in [-0.25, -0.2) is 0 Å². The molecule has 1 atom stereocenters. The molecule has 0 aromatic heterocycles. The van der Waals surface area contributed by atoms with E-state index in [4.69, 9.17) is 4.74 Å². The molecule has 2 fully saturated rings. The topological polar surface area (TPSA) is 41.6 Å². The Balaban J connectivity index is 1.65. The van der Waals surface area contributed by atoms with E-state index in [0.717, 1.165) is 26.2 Å². The van der Waals surface area contributed by atoms with Gasteiger partial charge in [0, 0.05) is 19.6 Å². The van der Waals surface area contributed by atoms with E-state index >= 15 is 0 Å². The van der Waals surface area contributed by atoms with Crippen LogP contribution >= 0.6 is 0 Å². The fourth-order valence-corrected chi connectivity index (χ4v) is 3.19. The Labute approximate surface area is 123 Å². The van der Waals surface area contributed by atoms with Crippen molar-refractivity contribution in [2.45, 2.75) is 52.1 Å². The summed E-state index contributed by atoms with van der Waals surface area (Å²) >= 11 is 0. The molecule has 0 aromatic carbocycles. The second-order valence-electron chi connectivity index (χ2n) is 6.70. The van der Waals surface area contributed by atoms with Gasteiger partial charge in [0.15, 0.2) is 0 Å². The van der Waals surface area contributed by atoms with Gasteiger partial charge < -0.3 is 10.1 Å². The molecular weight excluding hydrogens is 252 g/mol. The van der Waals surface area contributed by atoms with Crippen molar-refractivity contribution in [3.63, 3.8) is 0 Å². The normalized spacial score (nSPS) is 25.9. The van der Waals surface area contributed by atoms with Crippen molar-refractivity contribution in [1.82, 2.24) is 10.2 Å². The highest BCUT2D eigenvalue weighted by atomic mass is 16.5. The first-order valence-electron chi connectivity index (χ1n) is 8.26. The van der Waals surface area contributed by atoms with Crippen LogP contribution in [0.1, 0.15) is 46.0 Å². The van der Waals surface area contributed by atoms with Gasteiger partial charge in [0.25, 0.3) is 0 Å². The van der Waals surface area contributed by atoms with Crippen LogP contribution in [0, 0.1) is 11.8 Å². The molecule has 1 N–H and O–H groups in total. The van der Waals surface area contributed by atoms with E-state index in [-0.39, 0.29) is 12.0 Å². The maximum Gasteiger partial charge on any atom is 0.234 e. The quantitative estimate of drug-likeness (QED) is 0.839. The molecule has 4 nitrogen and oxygen atoms in total. The zero-order valence-corrected chi connectivity index (χ0v) is 13.1. The van der Waals surface area contributed by atoms with E-state index in [1.165, 1.54) is 32.1 Å². The molecule has 116 valence electrons. The molecule has 0 bridgehead atoms. The summed E-state index contributed by atoms with van der Waals surface area (Å²) in [5.74, 6) is 1.41. The van der Waals surface area contributed by atoms with Crippen LogP contribution < -0.4 is 5.32 Å². The van der Waals surface area contributed by atoms with Crippen molar-refractivity contribution < 1.29 is 9.53 Å². The van der Waals surface area contributed by atoms with Crippen LogP contribution in [0.4, 0.5) is 0 Å². The lowest BCUT2D eigenvalue weighted by atomic mass is 9.89. The van der Waals surface area contributed by atoms with E-state index < -0.39 is 0 Å². The zero-order chi connectivity index (χ0) is 14.4. The maximum atomic E-state index is 12.0. The monoisotopic (exact) mass is 282 g/mol. The standard InChI is InChI=1S/C16H30N2O2/c1-13(2)15-11-18(8-9-20-15)12-16(19)17-10-14-6-4-3-5-7-14/h13-15H,3-12H2,1-2H3,(H,17,19)/t15-/m0/s1. The predicted octanol–water partition coefficient (Wildman–Crippen LogP) is 2.04. The molecule has 0 radical (unpaired) electrons. The number of amides is 1. The number of hydrogen-bond donors (Lipinski definition) is 1. The van der Waals surface area contributed by atoms with E-state index in [9.17, 15) is 4.79 Å². The van der Waals surface area contributed by atoms with Gasteiger partial charge in [0.05, 0.1) is 19.3 Å². The first-order chi connectivity index (χ1) is 9.65. The van der Waals surface area contributed by atoms with Crippen LogP contribution in [0.2, 0.25) is 0 Å². The number of carbonyl (C=O) groups is 1. The van der Waals surface area contributed by atoms with E-state index in [2.05, 4.69) is 24.1 Å². The van der Waals surface area contributed by atoms with Crippen LogP contribution in [-0.2, 0) is 9.53 Å². The molecule has 1 saturated heterocycles. The van der Waals surface area contributed by atoms with Gasteiger partial charge in [0.2, 0.25) is 5.91 Å². The van der Waals surface area contributed by atoms with Gasteiger partial charge in [-0.05, 0) is 24.7 Å². The number of nitrogens with one attached hydrogen (secondary N) is 1. The summed E-state index contributed by atoms with van der Waals surface area (Å²) in [6.07, 6.45) is 6.88. The molecule has 1 saturated carbocycles. The number of nitrogens with zero attached hydrogens (tertiary/aromatic N) is 1. The van der Waals surface area contributed by atoms with Gasteiger partial charge >= 0.3 is 0 Å². The second-order valence-corrected chi connectivity index (χ2v) is 6.70. The SMILES string of the molecule is CC(C)[C@@H]1CN(CC(=O)NCC2CCCCC2)CCO1. The lowest BCUT2D eigenvalue weighted by Crippen LogP contribution is -2.48. The molecule has 1 aliphatic heterocycles. The first-order valence-corrected chi connectivity index (χ1v) is 8.26. The molecule has 1 heterocycles. The minimum absolute atomic E-state index is 0.181. The van der Waals surface area contributed by atoms with E-state index in [1.54, 1.807) is 0 Å². The zero-order valence-electron chi connectivity index (χ0n) is 13.1. The van der Waals surface area contributed by atoms with Gasteiger partial charge in [-0.1, -0.05) is 33.1 Å². The molecule has 0 aromatic rings. The summed E-state index contributed by atoms with van der Waals surface area (Å²) in [5, 5.41) is 3.12. The van der Waals surface area contributed by atoms with Crippen LogP contribution in [-0.4, -0.2) is 49.7 Å². The largest absolute Gasteiger partial charge is 0.375 e. The Morgan fingerprint density at radius 2 is 2.05 bits per heavy atom. The molecule has 2 rings (SSSR count). The Hall–Kier alpha value is -0.610. The molecule has 0 spiro atoms. The second kappa shape index (κ2) is 7.99. The Morgan fingerprint density at radius 1 is 1.30 bits per heavy atom. The van der Waals surface area contributed by atoms with Crippen molar-refractivity contribution in [2.75, 3.05) is 32.8 Å². The van der Waals surface area contributed by atoms with Crippen molar-refractivity contribution in [2.24, 2.45) is 11.8 Å². The van der Waals surface area contributed by atoms with E-state index in [0.29, 0.717) is 18.4 Å². The minimum atomic E-state index is 0.181. The number of carbonyl (C=O) groups excluding carboxylic acids is 1. The molecule has 0 unspecified atom stereocenters. The summed E-state index contributed by atoms with van der Waals surface area (Å²) in [4.78, 5) is 14.3. The Morgan fingerprint density at radius 3 is 2.75 bits per heavy atom. The highest BCUT2D eigenvalue weighted by molar-refractivity contribution is 5.78. The lowest BCUT2D eigenvalue weighted by Gasteiger charge is -2.34. The molecular formula is C16H30N2O2. The lowest BCUT2D eigenvalue weighted by molar-refractivity contribution is -0.125. The smallest absolute Gasteiger partial charge is 0.234 e. The summed E-state index contributed by atoms with van der Waals surface area (Å²) in [6.45, 7) is 8.26. The summed E-state index contributed by atoms with van der Waals surface area (Å²) in [7, 11) is 0. The highest BCUT2D eigenvalue weighted by Gasteiger charge is 2.24. The van der Waals surface area contributed by atoms with E-state index in [1.807, 2.05) is 0 Å². The number of morpholine rings is 1. The fraction of sp³-hybridized carbons (Fsp3) is 0.938. The van der Waals surface area contributed by atoms with Gasteiger partial charge in [-0.3, -0.25) is 9.69 Å². The van der Waals surface area contributed by atoms with Crippen LogP contribution in [0.15, 0.2) is 0 Å². The third-order valence-electron chi connectivity index (χ3n) is 4.60. The number of ether oxygens (including phenoxy) is 1. The van der Waals surface area contributed by atoms with Gasteiger partial charge in [0.1, 0.15) is 0 Å². The Bertz CT molecular complexity index is 301. The van der Waals surface area contributed by atoms with Crippen LogP contribution in [0.3, 0.4) is 0 Å². The summed E-state index contributed by atoms with van der Waals surface area (Å²) in [6, 6.07) is 0. The first kappa shape index (κ1) is 15.8. The van der Waals surface area contributed by atoms with Crippen LogP contribution in [0.25, 0.3) is 0 Å². The molecule has 1 aliphatic carbocycles. The van der Waals surface area contributed by atoms with Crippen molar-refractivity contribution >= 4 is 5.91 Å². The number of hydrogen-bond acceptors (Lipinski definition) is 3. The Kier molecular flexibility index (Phi) is 6.30. The minimum Gasteiger partial charge on any atom is -0.375 e. The fourth-order valence-electron chi connectivity index (χ4n) is 3.19. The van der Waals surface area contributed by atoms with Crippen LogP contribution in [0.5, 0.6) is 0 Å². The predicted molar refractivity (Wildman–Crippen MR) is 80.6 cm³/mol. The van der Waals surface area contributed by atoms with Gasteiger partial charge in [-0.15, -0.1) is 0 Å². The van der Waals surface area contributed by atoms with Gasteiger partial charge in [-0.2, -0.15) is 0 Å². The van der Waals surface area contributed by atoms with Crippen molar-refractivity contribution in [3.8, 4) is 0 Å². The maximum absolute atomic E-state index is 12.0.